The summed E-state index contributed by atoms with van der Waals surface area (Å²) in [7, 11) is 3.39. The lowest BCUT2D eigenvalue weighted by molar-refractivity contribution is -0.117. The van der Waals surface area contributed by atoms with Gasteiger partial charge in [0.15, 0.2) is 0 Å². The number of hydrogen-bond donors (Lipinski definition) is 2. The quantitative estimate of drug-likeness (QED) is 0.823. The topological polar surface area (TPSA) is 61.8 Å². The van der Waals surface area contributed by atoms with E-state index in [4.69, 9.17) is 4.74 Å². The van der Waals surface area contributed by atoms with Gasteiger partial charge in [-0.3, -0.25) is 9.69 Å². The van der Waals surface area contributed by atoms with Gasteiger partial charge < -0.3 is 15.2 Å². The van der Waals surface area contributed by atoms with Crippen molar-refractivity contribution >= 4 is 11.6 Å². The average Bonchev–Trinajstić information content (AvgIpc) is 2.55. The molecule has 2 aromatic rings. The number of rotatable bonds is 7. The van der Waals surface area contributed by atoms with Gasteiger partial charge in [-0.1, -0.05) is 36.4 Å². The second kappa shape index (κ2) is 8.31. The van der Waals surface area contributed by atoms with Crippen LogP contribution in [0.15, 0.2) is 54.6 Å². The highest BCUT2D eigenvalue weighted by molar-refractivity contribution is 5.92. The fourth-order valence-electron chi connectivity index (χ4n) is 2.29. The van der Waals surface area contributed by atoms with Crippen LogP contribution >= 0.6 is 0 Å². The molecule has 2 N–H and O–H groups in total. The number of likely N-dealkylation sites (N-methyl/N-ethyl adjacent to an activating group) is 1. The van der Waals surface area contributed by atoms with Crippen molar-refractivity contribution in [2.45, 2.75) is 6.10 Å². The van der Waals surface area contributed by atoms with Crippen molar-refractivity contribution in [3.8, 4) is 5.75 Å². The van der Waals surface area contributed by atoms with Gasteiger partial charge in [0.1, 0.15) is 5.75 Å². The van der Waals surface area contributed by atoms with E-state index in [1.165, 1.54) is 0 Å². The molecule has 1 atom stereocenters. The molecule has 122 valence electrons. The van der Waals surface area contributed by atoms with Crippen molar-refractivity contribution in [1.29, 1.82) is 0 Å². The van der Waals surface area contributed by atoms with Crippen molar-refractivity contribution in [2.24, 2.45) is 0 Å². The molecule has 1 amide bonds. The number of benzene rings is 2. The van der Waals surface area contributed by atoms with Gasteiger partial charge >= 0.3 is 0 Å². The summed E-state index contributed by atoms with van der Waals surface area (Å²) in [6.45, 7) is 0.580. The number of nitrogens with zero attached hydrogens (tertiary/aromatic N) is 1. The van der Waals surface area contributed by atoms with Crippen LogP contribution in [-0.2, 0) is 4.79 Å². The molecule has 2 aromatic carbocycles. The van der Waals surface area contributed by atoms with E-state index in [2.05, 4.69) is 5.32 Å². The standard InChI is InChI=1S/C18H22N2O3/c1-20(12-17(21)14-7-4-3-5-8-14)13-18(22)19-15-9-6-10-16(11-15)23-2/h3-11,17,21H,12-13H2,1-2H3,(H,19,22)/t17-/m0/s1. The Bertz CT molecular complexity index is 631. The maximum absolute atomic E-state index is 12.1. The molecule has 23 heavy (non-hydrogen) atoms. The number of aliphatic hydroxyl groups is 1. The van der Waals surface area contributed by atoms with E-state index in [1.807, 2.05) is 42.5 Å². The minimum absolute atomic E-state index is 0.138. The lowest BCUT2D eigenvalue weighted by Crippen LogP contribution is -2.33. The number of nitrogens with one attached hydrogen (secondary N) is 1. The van der Waals surface area contributed by atoms with Crippen LogP contribution in [-0.4, -0.2) is 43.2 Å². The molecule has 2 rings (SSSR count). The fraction of sp³-hybridized carbons (Fsp3) is 0.278. The summed E-state index contributed by atoms with van der Waals surface area (Å²) in [4.78, 5) is 13.9. The lowest BCUT2D eigenvalue weighted by atomic mass is 10.1. The van der Waals surface area contributed by atoms with E-state index in [0.29, 0.717) is 18.0 Å². The summed E-state index contributed by atoms with van der Waals surface area (Å²) < 4.78 is 5.12. The van der Waals surface area contributed by atoms with E-state index in [1.54, 1.807) is 31.2 Å². The number of methoxy groups -OCH3 is 1. The number of aliphatic hydroxyl groups excluding tert-OH is 1. The molecule has 5 nitrogen and oxygen atoms in total. The van der Waals surface area contributed by atoms with E-state index in [-0.39, 0.29) is 12.5 Å². The summed E-state index contributed by atoms with van der Waals surface area (Å²) in [5.74, 6) is 0.552. The van der Waals surface area contributed by atoms with Gasteiger partial charge in [0.05, 0.1) is 19.8 Å². The van der Waals surface area contributed by atoms with Crippen LogP contribution in [0.2, 0.25) is 0 Å². The molecule has 0 heterocycles. The third-order valence-corrected chi connectivity index (χ3v) is 3.44. The Balaban J connectivity index is 1.84. The Labute approximate surface area is 136 Å². The van der Waals surface area contributed by atoms with E-state index < -0.39 is 6.10 Å². The van der Waals surface area contributed by atoms with Crippen LogP contribution in [0.3, 0.4) is 0 Å². The first-order valence-corrected chi connectivity index (χ1v) is 7.44. The van der Waals surface area contributed by atoms with Gasteiger partial charge in [-0.2, -0.15) is 0 Å². The molecule has 0 saturated heterocycles. The normalized spacial score (nSPS) is 12.0. The third-order valence-electron chi connectivity index (χ3n) is 3.44. The van der Waals surface area contributed by atoms with E-state index in [0.717, 1.165) is 5.56 Å². The molecular weight excluding hydrogens is 292 g/mol. The molecule has 0 bridgehead atoms. The molecule has 0 aliphatic rings. The average molecular weight is 314 g/mol. The molecule has 0 saturated carbocycles. The third kappa shape index (κ3) is 5.39. The van der Waals surface area contributed by atoms with Crippen molar-refractivity contribution in [3.05, 3.63) is 60.2 Å². The molecule has 0 unspecified atom stereocenters. The van der Waals surface area contributed by atoms with Crippen LogP contribution in [0.4, 0.5) is 5.69 Å². The summed E-state index contributed by atoms with van der Waals surface area (Å²) in [5, 5.41) is 13.0. The molecule has 0 aliphatic carbocycles. The zero-order chi connectivity index (χ0) is 16.7. The molecule has 0 aliphatic heterocycles. The van der Waals surface area contributed by atoms with E-state index in [9.17, 15) is 9.90 Å². The van der Waals surface area contributed by atoms with Crippen molar-refractivity contribution in [3.63, 3.8) is 0 Å². The van der Waals surface area contributed by atoms with Crippen LogP contribution in [0, 0.1) is 0 Å². The van der Waals surface area contributed by atoms with Gasteiger partial charge in [0, 0.05) is 18.3 Å². The Morgan fingerprint density at radius 3 is 2.65 bits per heavy atom. The minimum atomic E-state index is -0.620. The van der Waals surface area contributed by atoms with Crippen LogP contribution in [0.5, 0.6) is 5.75 Å². The van der Waals surface area contributed by atoms with Gasteiger partial charge in [-0.25, -0.2) is 0 Å². The van der Waals surface area contributed by atoms with Gasteiger partial charge in [0.2, 0.25) is 5.91 Å². The smallest absolute Gasteiger partial charge is 0.238 e. The summed E-state index contributed by atoms with van der Waals surface area (Å²) >= 11 is 0. The Morgan fingerprint density at radius 2 is 1.96 bits per heavy atom. The first-order valence-electron chi connectivity index (χ1n) is 7.44. The largest absolute Gasteiger partial charge is 0.497 e. The highest BCUT2D eigenvalue weighted by atomic mass is 16.5. The summed E-state index contributed by atoms with van der Waals surface area (Å²) in [5.41, 5.74) is 1.53. The predicted octanol–water partition coefficient (Wildman–Crippen LogP) is 2.30. The zero-order valence-electron chi connectivity index (χ0n) is 13.4. The van der Waals surface area contributed by atoms with Gasteiger partial charge in [-0.15, -0.1) is 0 Å². The molecular formula is C18H22N2O3. The maximum Gasteiger partial charge on any atom is 0.238 e. The Kier molecular flexibility index (Phi) is 6.14. The predicted molar refractivity (Wildman–Crippen MR) is 90.5 cm³/mol. The molecule has 5 heteroatoms. The molecule has 0 fully saturated rings. The Morgan fingerprint density at radius 1 is 1.22 bits per heavy atom. The number of anilines is 1. The zero-order valence-corrected chi connectivity index (χ0v) is 13.4. The molecule has 0 radical (unpaired) electrons. The van der Waals surface area contributed by atoms with Crippen molar-refractivity contribution in [1.82, 2.24) is 4.90 Å². The van der Waals surface area contributed by atoms with Crippen LogP contribution < -0.4 is 10.1 Å². The highest BCUT2D eigenvalue weighted by Gasteiger charge is 2.13. The van der Waals surface area contributed by atoms with Gasteiger partial charge in [-0.05, 0) is 24.7 Å². The fourth-order valence-corrected chi connectivity index (χ4v) is 2.29. The highest BCUT2D eigenvalue weighted by Crippen LogP contribution is 2.17. The Hall–Kier alpha value is -2.37. The van der Waals surface area contributed by atoms with Crippen molar-refractivity contribution in [2.75, 3.05) is 32.6 Å². The molecule has 0 spiro atoms. The maximum atomic E-state index is 12.1. The monoisotopic (exact) mass is 314 g/mol. The lowest BCUT2D eigenvalue weighted by Gasteiger charge is -2.20. The number of amides is 1. The van der Waals surface area contributed by atoms with Crippen LogP contribution in [0.1, 0.15) is 11.7 Å². The van der Waals surface area contributed by atoms with E-state index >= 15 is 0 Å². The van der Waals surface area contributed by atoms with Crippen molar-refractivity contribution < 1.29 is 14.6 Å². The van der Waals surface area contributed by atoms with Crippen LogP contribution in [0.25, 0.3) is 0 Å². The number of carbonyl (C=O) groups is 1. The summed E-state index contributed by atoms with van der Waals surface area (Å²) in [6.07, 6.45) is -0.620. The number of ether oxygens (including phenoxy) is 1. The second-order valence-electron chi connectivity index (χ2n) is 5.40. The van der Waals surface area contributed by atoms with Gasteiger partial charge in [0.25, 0.3) is 0 Å². The first kappa shape index (κ1) is 17.0. The SMILES string of the molecule is COc1cccc(NC(=O)CN(C)C[C@H](O)c2ccccc2)c1. The first-order chi connectivity index (χ1) is 11.1. The second-order valence-corrected chi connectivity index (χ2v) is 5.40. The number of carbonyl (C=O) groups excluding carboxylic acids is 1. The molecule has 0 aromatic heterocycles. The summed E-state index contributed by atoms with van der Waals surface area (Å²) in [6, 6.07) is 16.6. The number of hydrogen-bond acceptors (Lipinski definition) is 4. The minimum Gasteiger partial charge on any atom is -0.497 e.